The van der Waals surface area contributed by atoms with Crippen LogP contribution in [0.3, 0.4) is 0 Å². The smallest absolute Gasteiger partial charge is 0.220 e. The maximum atomic E-state index is 12.0. The Morgan fingerprint density at radius 2 is 1.78 bits per heavy atom. The van der Waals surface area contributed by atoms with E-state index in [1.165, 1.54) is 0 Å². The van der Waals surface area contributed by atoms with Crippen LogP contribution in [-0.2, 0) is 14.3 Å². The molecule has 1 N–H and O–H groups in total. The molecule has 0 heterocycles. The van der Waals surface area contributed by atoms with Gasteiger partial charge in [-0.3, -0.25) is 9.59 Å². The second kappa shape index (κ2) is 10.7. The van der Waals surface area contributed by atoms with Crippen molar-refractivity contribution >= 4 is 11.7 Å². The quantitative estimate of drug-likeness (QED) is 0.629. The van der Waals surface area contributed by atoms with E-state index in [-0.39, 0.29) is 17.8 Å². The molecule has 0 spiro atoms. The van der Waals surface area contributed by atoms with Gasteiger partial charge >= 0.3 is 0 Å². The number of methoxy groups -OCH3 is 3. The Labute approximate surface area is 137 Å². The summed E-state index contributed by atoms with van der Waals surface area (Å²) < 4.78 is 15.2. The van der Waals surface area contributed by atoms with Gasteiger partial charge in [0.25, 0.3) is 0 Å². The fraction of sp³-hybridized carbons (Fsp3) is 0.529. The van der Waals surface area contributed by atoms with E-state index in [1.807, 2.05) is 0 Å². The number of benzene rings is 1. The zero-order chi connectivity index (χ0) is 17.1. The van der Waals surface area contributed by atoms with Gasteiger partial charge in [0.15, 0.2) is 5.78 Å². The van der Waals surface area contributed by atoms with Crippen molar-refractivity contribution in [3.63, 3.8) is 0 Å². The van der Waals surface area contributed by atoms with Gasteiger partial charge in [-0.25, -0.2) is 0 Å². The zero-order valence-corrected chi connectivity index (χ0v) is 14.0. The molecule has 0 radical (unpaired) electrons. The number of Topliss-reactive ketones (excluding diaryl/α,β-unsaturated/α-hetero) is 1. The third-order valence-electron chi connectivity index (χ3n) is 3.43. The van der Waals surface area contributed by atoms with Crippen molar-refractivity contribution in [3.05, 3.63) is 29.8 Å². The molecule has 6 nitrogen and oxygen atoms in total. The number of amides is 1. The first kappa shape index (κ1) is 19.1. The number of rotatable bonds is 11. The molecule has 1 amide bonds. The molecule has 0 fully saturated rings. The van der Waals surface area contributed by atoms with Crippen molar-refractivity contribution in [2.75, 3.05) is 34.5 Å². The highest BCUT2D eigenvalue weighted by atomic mass is 16.5. The molecule has 1 rings (SSSR count). The van der Waals surface area contributed by atoms with Crippen LogP contribution in [-0.4, -0.2) is 52.3 Å². The van der Waals surface area contributed by atoms with Crippen LogP contribution in [0.5, 0.6) is 5.75 Å². The maximum Gasteiger partial charge on any atom is 0.220 e. The highest BCUT2D eigenvalue weighted by molar-refractivity contribution is 5.96. The van der Waals surface area contributed by atoms with Crippen molar-refractivity contribution < 1.29 is 23.8 Å². The number of ketones is 1. The molecule has 0 bridgehead atoms. The van der Waals surface area contributed by atoms with Crippen LogP contribution in [0.1, 0.15) is 29.6 Å². The highest BCUT2D eigenvalue weighted by Gasteiger charge is 2.11. The fourth-order valence-corrected chi connectivity index (χ4v) is 2.04. The molecule has 1 aromatic carbocycles. The molecule has 0 aliphatic carbocycles. The summed E-state index contributed by atoms with van der Waals surface area (Å²) in [7, 11) is 4.73. The average molecular weight is 323 g/mol. The van der Waals surface area contributed by atoms with E-state index in [2.05, 4.69) is 5.32 Å². The SMILES string of the molecule is COCC(CNC(=O)CCCC(=O)c1ccc(OC)cc1)OC. The number of carbonyl (C=O) groups excluding carboxylic acids is 2. The van der Waals surface area contributed by atoms with Gasteiger partial charge in [-0.05, 0) is 30.7 Å². The fourth-order valence-electron chi connectivity index (χ4n) is 2.04. The normalized spacial score (nSPS) is 11.8. The second-order valence-electron chi connectivity index (χ2n) is 5.12. The molecular formula is C17H25NO5. The lowest BCUT2D eigenvalue weighted by atomic mass is 10.1. The van der Waals surface area contributed by atoms with E-state index >= 15 is 0 Å². The Balaban J connectivity index is 2.26. The Kier molecular flexibility index (Phi) is 8.94. The minimum Gasteiger partial charge on any atom is -0.497 e. The van der Waals surface area contributed by atoms with Crippen molar-refractivity contribution in [1.29, 1.82) is 0 Å². The predicted octanol–water partition coefficient (Wildman–Crippen LogP) is 1.83. The third-order valence-corrected chi connectivity index (χ3v) is 3.43. The molecule has 23 heavy (non-hydrogen) atoms. The number of ether oxygens (including phenoxy) is 3. The minimum absolute atomic E-state index is 0.0228. The number of carbonyl (C=O) groups is 2. The van der Waals surface area contributed by atoms with E-state index in [1.54, 1.807) is 45.6 Å². The van der Waals surface area contributed by atoms with Gasteiger partial charge in [0, 0.05) is 39.2 Å². The Bertz CT molecular complexity index is 486. The predicted molar refractivity (Wildman–Crippen MR) is 86.9 cm³/mol. The second-order valence-corrected chi connectivity index (χ2v) is 5.12. The summed E-state index contributed by atoms with van der Waals surface area (Å²) in [6.45, 7) is 0.822. The first-order valence-corrected chi connectivity index (χ1v) is 7.56. The van der Waals surface area contributed by atoms with Crippen LogP contribution < -0.4 is 10.1 Å². The lowest BCUT2D eigenvalue weighted by Crippen LogP contribution is -2.35. The van der Waals surface area contributed by atoms with E-state index in [0.29, 0.717) is 43.7 Å². The van der Waals surface area contributed by atoms with Gasteiger partial charge in [0.2, 0.25) is 5.91 Å². The van der Waals surface area contributed by atoms with E-state index in [9.17, 15) is 9.59 Å². The van der Waals surface area contributed by atoms with E-state index in [0.717, 1.165) is 0 Å². The summed E-state index contributed by atoms with van der Waals surface area (Å²) in [4.78, 5) is 23.7. The standard InChI is InChI=1S/C17H25NO5/c1-21-12-15(23-3)11-18-17(20)6-4-5-16(19)13-7-9-14(22-2)10-8-13/h7-10,15H,4-6,11-12H2,1-3H3,(H,18,20). The van der Waals surface area contributed by atoms with Gasteiger partial charge in [0.1, 0.15) is 5.75 Å². The molecule has 0 aliphatic heterocycles. The molecule has 0 saturated carbocycles. The van der Waals surface area contributed by atoms with Crippen LogP contribution in [0.4, 0.5) is 0 Å². The summed E-state index contributed by atoms with van der Waals surface area (Å²) >= 11 is 0. The van der Waals surface area contributed by atoms with E-state index < -0.39 is 0 Å². The number of hydrogen-bond donors (Lipinski definition) is 1. The van der Waals surface area contributed by atoms with Crippen molar-refractivity contribution in [1.82, 2.24) is 5.32 Å². The zero-order valence-electron chi connectivity index (χ0n) is 14.0. The molecule has 0 aliphatic rings. The molecule has 6 heteroatoms. The molecular weight excluding hydrogens is 298 g/mol. The Morgan fingerprint density at radius 1 is 1.09 bits per heavy atom. The lowest BCUT2D eigenvalue weighted by molar-refractivity contribution is -0.121. The topological polar surface area (TPSA) is 73.9 Å². The van der Waals surface area contributed by atoms with Crippen LogP contribution in [0.2, 0.25) is 0 Å². The first-order valence-electron chi connectivity index (χ1n) is 7.56. The van der Waals surface area contributed by atoms with Crippen molar-refractivity contribution in [2.24, 2.45) is 0 Å². The summed E-state index contributed by atoms with van der Waals surface area (Å²) in [6.07, 6.45) is 1.00. The molecule has 1 atom stereocenters. The summed E-state index contributed by atoms with van der Waals surface area (Å²) in [5.74, 6) is 0.643. The Morgan fingerprint density at radius 3 is 2.35 bits per heavy atom. The van der Waals surface area contributed by atoms with E-state index in [4.69, 9.17) is 14.2 Å². The highest BCUT2D eigenvalue weighted by Crippen LogP contribution is 2.13. The third kappa shape index (κ3) is 7.25. The summed E-state index contributed by atoms with van der Waals surface area (Å²) in [6, 6.07) is 6.96. The van der Waals surface area contributed by atoms with Gasteiger partial charge < -0.3 is 19.5 Å². The van der Waals surface area contributed by atoms with Gasteiger partial charge in [0.05, 0.1) is 19.8 Å². The van der Waals surface area contributed by atoms with Crippen molar-refractivity contribution in [2.45, 2.75) is 25.4 Å². The average Bonchev–Trinajstić information content (AvgIpc) is 2.58. The lowest BCUT2D eigenvalue weighted by Gasteiger charge is -2.14. The van der Waals surface area contributed by atoms with Gasteiger partial charge in [-0.1, -0.05) is 0 Å². The maximum absolute atomic E-state index is 12.0. The number of nitrogens with one attached hydrogen (secondary N) is 1. The van der Waals surface area contributed by atoms with Crippen LogP contribution in [0, 0.1) is 0 Å². The van der Waals surface area contributed by atoms with Crippen LogP contribution >= 0.6 is 0 Å². The van der Waals surface area contributed by atoms with Gasteiger partial charge in [-0.2, -0.15) is 0 Å². The molecule has 1 unspecified atom stereocenters. The largest absolute Gasteiger partial charge is 0.497 e. The molecule has 0 aromatic heterocycles. The molecule has 128 valence electrons. The Hall–Kier alpha value is -1.92. The monoisotopic (exact) mass is 323 g/mol. The first-order chi connectivity index (χ1) is 11.1. The minimum atomic E-state index is -0.162. The van der Waals surface area contributed by atoms with Crippen LogP contribution in [0.25, 0.3) is 0 Å². The molecule has 0 saturated heterocycles. The summed E-state index contributed by atoms with van der Waals surface area (Å²) in [5.41, 5.74) is 0.630. The van der Waals surface area contributed by atoms with Crippen LogP contribution in [0.15, 0.2) is 24.3 Å². The summed E-state index contributed by atoms with van der Waals surface area (Å²) in [5, 5.41) is 2.78. The molecule has 1 aromatic rings. The van der Waals surface area contributed by atoms with Crippen molar-refractivity contribution in [3.8, 4) is 5.75 Å². The van der Waals surface area contributed by atoms with Gasteiger partial charge in [-0.15, -0.1) is 0 Å². The number of hydrogen-bond acceptors (Lipinski definition) is 5.